The van der Waals surface area contributed by atoms with Gasteiger partial charge in [0.2, 0.25) is 0 Å². The number of methoxy groups -OCH3 is 1. The normalized spacial score (nSPS) is 17.4. The number of ether oxygens (including phenoxy) is 1. The Morgan fingerprint density at radius 2 is 1.90 bits per heavy atom. The van der Waals surface area contributed by atoms with Crippen molar-refractivity contribution in [3.63, 3.8) is 0 Å². The Hall–Kier alpha value is -2.20. The molecule has 1 amide bonds. The van der Waals surface area contributed by atoms with Gasteiger partial charge in [0.05, 0.1) is 11.7 Å². The Morgan fingerprint density at radius 3 is 2.67 bits per heavy atom. The van der Waals surface area contributed by atoms with Crippen LogP contribution >= 0.6 is 0 Å². The number of hydrogen-bond acceptors (Lipinski definition) is 2. The summed E-state index contributed by atoms with van der Waals surface area (Å²) in [4.78, 5) is 14.3. The van der Waals surface area contributed by atoms with Crippen molar-refractivity contribution in [3.05, 3.63) is 65.5 Å². The summed E-state index contributed by atoms with van der Waals surface area (Å²) in [5, 5.41) is 0. The van der Waals surface area contributed by atoms with Crippen LogP contribution in [0.2, 0.25) is 0 Å². The summed E-state index contributed by atoms with van der Waals surface area (Å²) >= 11 is 0. The molecule has 21 heavy (non-hydrogen) atoms. The van der Waals surface area contributed by atoms with E-state index in [1.54, 1.807) is 24.1 Å². The first-order valence-corrected chi connectivity index (χ1v) is 6.90. The highest BCUT2D eigenvalue weighted by Gasteiger charge is 2.29. The van der Waals surface area contributed by atoms with Crippen molar-refractivity contribution in [1.29, 1.82) is 0 Å². The summed E-state index contributed by atoms with van der Waals surface area (Å²) in [6.45, 7) is 0.517. The van der Waals surface area contributed by atoms with Gasteiger partial charge in [0, 0.05) is 24.9 Å². The number of nitrogens with zero attached hydrogens (tertiary/aromatic N) is 1. The fraction of sp³-hybridized carbons (Fsp3) is 0.235. The molecule has 1 unspecified atom stereocenters. The second-order valence-electron chi connectivity index (χ2n) is 5.01. The summed E-state index contributed by atoms with van der Waals surface area (Å²) in [6.07, 6.45) is 0.680. The van der Waals surface area contributed by atoms with E-state index < -0.39 is 5.82 Å². The van der Waals surface area contributed by atoms with Gasteiger partial charge in [-0.2, -0.15) is 0 Å². The van der Waals surface area contributed by atoms with E-state index >= 15 is 0 Å². The van der Waals surface area contributed by atoms with E-state index in [0.717, 1.165) is 11.3 Å². The van der Waals surface area contributed by atoms with Gasteiger partial charge in [-0.05, 0) is 24.6 Å². The van der Waals surface area contributed by atoms with Crippen LogP contribution in [-0.2, 0) is 4.74 Å². The van der Waals surface area contributed by atoms with Crippen LogP contribution in [0.25, 0.3) is 0 Å². The molecule has 0 fully saturated rings. The maximum Gasteiger partial charge on any atom is 0.261 e. The number of para-hydroxylation sites is 1. The van der Waals surface area contributed by atoms with E-state index in [1.807, 2.05) is 24.3 Å². The Bertz CT molecular complexity index is 671. The standard InChI is InChI=1S/C17H16FNO2/c1-21-16-10-11-19(15-9-5-3-7-13(15)16)17(20)12-6-2-4-8-14(12)18/h2-9,16H,10-11H2,1H3. The third-order valence-corrected chi connectivity index (χ3v) is 3.82. The maximum absolute atomic E-state index is 13.8. The van der Waals surface area contributed by atoms with Crippen LogP contribution in [0.3, 0.4) is 0 Å². The van der Waals surface area contributed by atoms with E-state index in [-0.39, 0.29) is 17.6 Å². The first-order valence-electron chi connectivity index (χ1n) is 6.90. The number of rotatable bonds is 2. The molecule has 0 aromatic heterocycles. The highest BCUT2D eigenvalue weighted by molar-refractivity contribution is 6.07. The van der Waals surface area contributed by atoms with Gasteiger partial charge in [-0.1, -0.05) is 30.3 Å². The van der Waals surface area contributed by atoms with Gasteiger partial charge in [0.15, 0.2) is 0 Å². The molecule has 2 aromatic rings. The first-order chi connectivity index (χ1) is 10.2. The van der Waals surface area contributed by atoms with Crippen molar-refractivity contribution < 1.29 is 13.9 Å². The van der Waals surface area contributed by atoms with E-state index in [1.165, 1.54) is 12.1 Å². The number of halogens is 1. The fourth-order valence-corrected chi connectivity index (χ4v) is 2.76. The molecule has 0 radical (unpaired) electrons. The van der Waals surface area contributed by atoms with Crippen LogP contribution in [-0.4, -0.2) is 19.6 Å². The summed E-state index contributed by atoms with van der Waals surface area (Å²) in [5.74, 6) is -0.802. The predicted octanol–water partition coefficient (Wildman–Crippen LogP) is 3.56. The molecule has 0 saturated heterocycles. The number of hydrogen-bond donors (Lipinski definition) is 0. The van der Waals surface area contributed by atoms with E-state index in [0.29, 0.717) is 13.0 Å². The highest BCUT2D eigenvalue weighted by Crippen LogP contribution is 2.36. The molecule has 3 rings (SSSR count). The van der Waals surface area contributed by atoms with Crippen LogP contribution in [0.15, 0.2) is 48.5 Å². The quantitative estimate of drug-likeness (QED) is 0.844. The fourth-order valence-electron chi connectivity index (χ4n) is 2.76. The highest BCUT2D eigenvalue weighted by atomic mass is 19.1. The van der Waals surface area contributed by atoms with E-state index in [4.69, 9.17) is 4.74 Å². The van der Waals surface area contributed by atoms with Crippen LogP contribution in [0.4, 0.5) is 10.1 Å². The number of carbonyl (C=O) groups excluding carboxylic acids is 1. The van der Waals surface area contributed by atoms with Gasteiger partial charge >= 0.3 is 0 Å². The summed E-state index contributed by atoms with van der Waals surface area (Å²) in [5.41, 5.74) is 1.86. The summed E-state index contributed by atoms with van der Waals surface area (Å²) < 4.78 is 19.3. The third kappa shape index (κ3) is 2.43. The molecule has 108 valence electrons. The average Bonchev–Trinajstić information content (AvgIpc) is 2.53. The SMILES string of the molecule is COC1CCN(C(=O)c2ccccc2F)c2ccccc21. The van der Waals surface area contributed by atoms with Crippen molar-refractivity contribution in [2.75, 3.05) is 18.6 Å². The number of carbonyl (C=O) groups is 1. The molecule has 0 aliphatic carbocycles. The molecule has 1 atom stereocenters. The average molecular weight is 285 g/mol. The number of amides is 1. The number of benzene rings is 2. The van der Waals surface area contributed by atoms with Gasteiger partial charge < -0.3 is 9.64 Å². The Kier molecular flexibility index (Phi) is 3.71. The second-order valence-corrected chi connectivity index (χ2v) is 5.01. The molecular weight excluding hydrogens is 269 g/mol. The zero-order valence-corrected chi connectivity index (χ0v) is 11.8. The van der Waals surface area contributed by atoms with Gasteiger partial charge in [0.1, 0.15) is 5.82 Å². The minimum Gasteiger partial charge on any atom is -0.377 e. The number of anilines is 1. The molecule has 1 aliphatic rings. The number of fused-ring (bicyclic) bond motifs is 1. The monoisotopic (exact) mass is 285 g/mol. The molecule has 0 N–H and O–H groups in total. The molecule has 0 spiro atoms. The third-order valence-electron chi connectivity index (χ3n) is 3.82. The van der Waals surface area contributed by atoms with Gasteiger partial charge in [0.25, 0.3) is 5.91 Å². The van der Waals surface area contributed by atoms with Crippen LogP contribution in [0, 0.1) is 5.82 Å². The second kappa shape index (κ2) is 5.66. The minimum atomic E-state index is -0.492. The van der Waals surface area contributed by atoms with E-state index in [2.05, 4.69) is 0 Å². The van der Waals surface area contributed by atoms with Crippen LogP contribution in [0.1, 0.15) is 28.4 Å². The molecule has 1 aliphatic heterocycles. The minimum absolute atomic E-state index is 0.0223. The molecule has 0 bridgehead atoms. The molecular formula is C17H16FNO2. The zero-order chi connectivity index (χ0) is 14.8. The van der Waals surface area contributed by atoms with Gasteiger partial charge in [-0.15, -0.1) is 0 Å². The van der Waals surface area contributed by atoms with Crippen molar-refractivity contribution >= 4 is 11.6 Å². The molecule has 3 nitrogen and oxygen atoms in total. The Balaban J connectivity index is 2.01. The van der Waals surface area contributed by atoms with E-state index in [9.17, 15) is 9.18 Å². The Morgan fingerprint density at radius 1 is 1.19 bits per heavy atom. The van der Waals surface area contributed by atoms with Crippen molar-refractivity contribution in [2.24, 2.45) is 0 Å². The van der Waals surface area contributed by atoms with Crippen molar-refractivity contribution in [1.82, 2.24) is 0 Å². The van der Waals surface area contributed by atoms with Crippen LogP contribution in [0.5, 0.6) is 0 Å². The largest absolute Gasteiger partial charge is 0.377 e. The smallest absolute Gasteiger partial charge is 0.261 e. The topological polar surface area (TPSA) is 29.5 Å². The molecule has 0 saturated carbocycles. The molecule has 1 heterocycles. The predicted molar refractivity (Wildman–Crippen MR) is 78.9 cm³/mol. The lowest BCUT2D eigenvalue weighted by Crippen LogP contribution is -2.37. The zero-order valence-electron chi connectivity index (χ0n) is 11.8. The lowest BCUT2D eigenvalue weighted by Gasteiger charge is -2.33. The van der Waals surface area contributed by atoms with Crippen molar-refractivity contribution in [3.8, 4) is 0 Å². The summed E-state index contributed by atoms with van der Waals surface area (Å²) in [7, 11) is 1.66. The van der Waals surface area contributed by atoms with Crippen molar-refractivity contribution in [2.45, 2.75) is 12.5 Å². The summed E-state index contributed by atoms with van der Waals surface area (Å²) in [6, 6.07) is 13.7. The lowest BCUT2D eigenvalue weighted by atomic mass is 9.98. The van der Waals surface area contributed by atoms with Gasteiger partial charge in [-0.25, -0.2) is 4.39 Å². The van der Waals surface area contributed by atoms with Crippen LogP contribution < -0.4 is 4.90 Å². The lowest BCUT2D eigenvalue weighted by molar-refractivity contribution is 0.0866. The molecule has 2 aromatic carbocycles. The maximum atomic E-state index is 13.8. The van der Waals surface area contributed by atoms with Gasteiger partial charge in [-0.3, -0.25) is 4.79 Å². The molecule has 4 heteroatoms. The first kappa shape index (κ1) is 13.8. The Labute approximate surface area is 123 Å².